The molecule has 1 aliphatic rings. The Kier molecular flexibility index (Phi) is 6.05. The molecule has 1 fully saturated rings. The maximum atomic E-state index is 12.6. The zero-order valence-corrected chi connectivity index (χ0v) is 16.2. The molecule has 1 amide bonds. The first-order valence-corrected chi connectivity index (χ1v) is 10.2. The molecule has 1 saturated heterocycles. The number of hydrogen-bond donors (Lipinski definition) is 2. The molecule has 1 heterocycles. The highest BCUT2D eigenvalue weighted by Crippen LogP contribution is 2.29. The van der Waals surface area contributed by atoms with Crippen LogP contribution in [0.5, 0.6) is 17.2 Å². The van der Waals surface area contributed by atoms with Crippen LogP contribution in [-0.4, -0.2) is 50.5 Å². The third-order valence-corrected chi connectivity index (χ3v) is 6.27. The molecule has 9 heteroatoms. The van der Waals surface area contributed by atoms with Crippen LogP contribution in [0.3, 0.4) is 0 Å². The molecular formula is C19H22N2O6S. The molecule has 0 aromatic heterocycles. The van der Waals surface area contributed by atoms with E-state index in [0.717, 1.165) is 12.8 Å². The maximum Gasteiger partial charge on any atom is 0.262 e. The first-order chi connectivity index (χ1) is 13.4. The van der Waals surface area contributed by atoms with E-state index in [0.29, 0.717) is 24.6 Å². The van der Waals surface area contributed by atoms with Crippen molar-refractivity contribution in [1.29, 1.82) is 0 Å². The Morgan fingerprint density at radius 3 is 2.39 bits per heavy atom. The van der Waals surface area contributed by atoms with Crippen LogP contribution in [0.4, 0.5) is 5.69 Å². The van der Waals surface area contributed by atoms with Crippen LogP contribution in [0.15, 0.2) is 47.4 Å². The van der Waals surface area contributed by atoms with Crippen molar-refractivity contribution in [2.75, 3.05) is 32.1 Å². The summed E-state index contributed by atoms with van der Waals surface area (Å²) in [4.78, 5) is 12.2. The number of methoxy groups -OCH3 is 1. The van der Waals surface area contributed by atoms with Crippen molar-refractivity contribution in [2.45, 2.75) is 17.7 Å². The lowest BCUT2D eigenvalue weighted by atomic mass is 10.3. The lowest BCUT2D eigenvalue weighted by molar-refractivity contribution is -0.118. The highest BCUT2D eigenvalue weighted by molar-refractivity contribution is 7.89. The average molecular weight is 406 g/mol. The fourth-order valence-electron chi connectivity index (χ4n) is 2.86. The van der Waals surface area contributed by atoms with Gasteiger partial charge in [0.05, 0.1) is 17.7 Å². The molecule has 0 saturated carbocycles. The number of phenols is 1. The fraction of sp³-hybridized carbons (Fsp3) is 0.316. The predicted molar refractivity (Wildman–Crippen MR) is 103 cm³/mol. The van der Waals surface area contributed by atoms with Crippen molar-refractivity contribution in [3.63, 3.8) is 0 Å². The van der Waals surface area contributed by atoms with Gasteiger partial charge in [-0.25, -0.2) is 8.42 Å². The molecule has 1 aliphatic heterocycles. The van der Waals surface area contributed by atoms with E-state index in [9.17, 15) is 18.3 Å². The first kappa shape index (κ1) is 20.0. The number of anilines is 1. The van der Waals surface area contributed by atoms with E-state index in [-0.39, 0.29) is 22.9 Å². The second-order valence-electron chi connectivity index (χ2n) is 6.30. The molecule has 0 spiro atoms. The molecule has 2 N–H and O–H groups in total. The molecule has 0 unspecified atom stereocenters. The number of phenolic OH excluding ortho intramolecular Hbond substituents is 1. The number of amides is 1. The van der Waals surface area contributed by atoms with Gasteiger partial charge in [-0.2, -0.15) is 4.31 Å². The van der Waals surface area contributed by atoms with E-state index in [4.69, 9.17) is 9.47 Å². The molecule has 3 rings (SSSR count). The molecule has 0 bridgehead atoms. The van der Waals surface area contributed by atoms with Crippen molar-refractivity contribution in [3.8, 4) is 17.2 Å². The van der Waals surface area contributed by atoms with Gasteiger partial charge in [-0.05, 0) is 55.3 Å². The van der Waals surface area contributed by atoms with E-state index < -0.39 is 15.9 Å². The summed E-state index contributed by atoms with van der Waals surface area (Å²) in [5.74, 6) is 0.392. The maximum absolute atomic E-state index is 12.6. The van der Waals surface area contributed by atoms with Crippen molar-refractivity contribution < 1.29 is 27.8 Å². The normalized spacial score (nSPS) is 14.6. The van der Waals surface area contributed by atoms with Gasteiger partial charge in [0.25, 0.3) is 5.91 Å². The minimum absolute atomic E-state index is 0.0172. The summed E-state index contributed by atoms with van der Waals surface area (Å²) in [6, 6.07) is 10.6. The Balaban J connectivity index is 1.66. The topological polar surface area (TPSA) is 105 Å². The van der Waals surface area contributed by atoms with Crippen molar-refractivity contribution >= 4 is 21.6 Å². The molecular weight excluding hydrogens is 384 g/mol. The number of sulfonamides is 1. The summed E-state index contributed by atoms with van der Waals surface area (Å²) in [6.45, 7) is 0.649. The number of carbonyl (C=O) groups excluding carboxylic acids is 1. The summed E-state index contributed by atoms with van der Waals surface area (Å²) < 4.78 is 37.1. The van der Waals surface area contributed by atoms with Crippen molar-refractivity contribution in [1.82, 2.24) is 4.31 Å². The summed E-state index contributed by atoms with van der Waals surface area (Å²) in [5, 5.41) is 12.5. The highest BCUT2D eigenvalue weighted by Gasteiger charge is 2.27. The SMILES string of the molecule is COc1ccc(OCC(=O)Nc2cc(S(=O)(=O)N3CCCC3)ccc2O)cc1. The van der Waals surface area contributed by atoms with Crippen molar-refractivity contribution in [2.24, 2.45) is 0 Å². The Morgan fingerprint density at radius 1 is 1.11 bits per heavy atom. The summed E-state index contributed by atoms with van der Waals surface area (Å²) in [6.07, 6.45) is 1.65. The molecule has 0 atom stereocenters. The zero-order valence-electron chi connectivity index (χ0n) is 15.4. The van der Waals surface area contributed by atoms with Crippen LogP contribution >= 0.6 is 0 Å². The van der Waals surface area contributed by atoms with Crippen molar-refractivity contribution in [3.05, 3.63) is 42.5 Å². The number of benzene rings is 2. The standard InChI is InChI=1S/C19H22N2O6S/c1-26-14-4-6-15(7-5-14)27-13-19(23)20-17-12-16(8-9-18(17)22)28(24,25)21-10-2-3-11-21/h4-9,12,22H,2-3,10-11,13H2,1H3,(H,20,23). The fourth-order valence-corrected chi connectivity index (χ4v) is 4.40. The Bertz CT molecular complexity index is 937. The van der Waals surface area contributed by atoms with Crippen LogP contribution in [0.2, 0.25) is 0 Å². The summed E-state index contributed by atoms with van der Waals surface area (Å²) >= 11 is 0. The number of ether oxygens (including phenoxy) is 2. The third kappa shape index (κ3) is 4.55. The minimum Gasteiger partial charge on any atom is -0.506 e. The van der Waals surface area contributed by atoms with Crippen LogP contribution in [-0.2, 0) is 14.8 Å². The highest BCUT2D eigenvalue weighted by atomic mass is 32.2. The lowest BCUT2D eigenvalue weighted by Gasteiger charge is -2.16. The minimum atomic E-state index is -3.65. The smallest absolute Gasteiger partial charge is 0.262 e. The Hall–Kier alpha value is -2.78. The van der Waals surface area contributed by atoms with E-state index in [1.807, 2.05) is 0 Å². The van der Waals surface area contributed by atoms with Gasteiger partial charge in [-0.3, -0.25) is 4.79 Å². The first-order valence-electron chi connectivity index (χ1n) is 8.80. The number of nitrogens with zero attached hydrogens (tertiary/aromatic N) is 1. The van der Waals surface area contributed by atoms with Gasteiger partial charge >= 0.3 is 0 Å². The van der Waals surface area contributed by atoms with Gasteiger partial charge in [0, 0.05) is 13.1 Å². The monoisotopic (exact) mass is 406 g/mol. The second kappa shape index (κ2) is 8.49. The van der Waals surface area contributed by atoms with Crippen LogP contribution < -0.4 is 14.8 Å². The summed E-state index contributed by atoms with van der Waals surface area (Å²) in [5.41, 5.74) is 0.0172. The van der Waals surface area contributed by atoms with E-state index in [2.05, 4.69) is 5.32 Å². The molecule has 0 aliphatic carbocycles. The van der Waals surface area contributed by atoms with Gasteiger partial charge in [0.1, 0.15) is 17.2 Å². The molecule has 8 nitrogen and oxygen atoms in total. The molecule has 150 valence electrons. The van der Waals surface area contributed by atoms with Crippen LogP contribution in [0.1, 0.15) is 12.8 Å². The number of nitrogens with one attached hydrogen (secondary N) is 1. The van der Waals surface area contributed by atoms with E-state index in [1.165, 1.54) is 22.5 Å². The zero-order chi connectivity index (χ0) is 20.1. The van der Waals surface area contributed by atoms with E-state index >= 15 is 0 Å². The van der Waals surface area contributed by atoms with Gasteiger partial charge in [0.2, 0.25) is 10.0 Å². The van der Waals surface area contributed by atoms with Gasteiger partial charge in [0.15, 0.2) is 6.61 Å². The van der Waals surface area contributed by atoms with E-state index in [1.54, 1.807) is 31.4 Å². The Labute approximate surface area is 163 Å². The van der Waals surface area contributed by atoms with Crippen LogP contribution in [0, 0.1) is 0 Å². The Morgan fingerprint density at radius 2 is 1.75 bits per heavy atom. The third-order valence-electron chi connectivity index (χ3n) is 4.37. The number of rotatable bonds is 7. The number of carbonyl (C=O) groups is 1. The predicted octanol–water partition coefficient (Wildman–Crippen LogP) is 2.20. The number of aromatic hydroxyl groups is 1. The molecule has 2 aromatic carbocycles. The summed E-state index contributed by atoms with van der Waals surface area (Å²) in [7, 11) is -2.10. The largest absolute Gasteiger partial charge is 0.506 e. The van der Waals surface area contributed by atoms with Gasteiger partial charge in [-0.15, -0.1) is 0 Å². The molecule has 28 heavy (non-hydrogen) atoms. The second-order valence-corrected chi connectivity index (χ2v) is 8.24. The average Bonchev–Trinajstić information content (AvgIpc) is 3.24. The van der Waals surface area contributed by atoms with Gasteiger partial charge in [-0.1, -0.05) is 0 Å². The van der Waals surface area contributed by atoms with Crippen LogP contribution in [0.25, 0.3) is 0 Å². The quantitative estimate of drug-likeness (QED) is 0.683. The number of hydrogen-bond acceptors (Lipinski definition) is 6. The van der Waals surface area contributed by atoms with Gasteiger partial charge < -0.3 is 19.9 Å². The molecule has 2 aromatic rings. The molecule has 0 radical (unpaired) electrons. The lowest BCUT2D eigenvalue weighted by Crippen LogP contribution is -2.28.